The van der Waals surface area contributed by atoms with Gasteiger partial charge in [-0.25, -0.2) is 0 Å². The summed E-state index contributed by atoms with van der Waals surface area (Å²) in [6.45, 7) is 4.10. The van der Waals surface area contributed by atoms with Gasteiger partial charge in [-0.1, -0.05) is 12.8 Å². The van der Waals surface area contributed by atoms with Crippen LogP contribution in [0.15, 0.2) is 12.1 Å². The predicted molar refractivity (Wildman–Crippen MR) is 71.5 cm³/mol. The molecular formula is C14H21NOS. The van der Waals surface area contributed by atoms with E-state index in [1.807, 2.05) is 11.3 Å². The molecule has 0 bridgehead atoms. The largest absolute Gasteiger partial charge is 0.371 e. The molecule has 2 aliphatic rings. The molecule has 3 atom stereocenters. The molecule has 1 saturated carbocycles. The van der Waals surface area contributed by atoms with Crippen LogP contribution in [0.2, 0.25) is 0 Å². The van der Waals surface area contributed by atoms with Gasteiger partial charge in [0.1, 0.15) is 6.10 Å². The fourth-order valence-corrected chi connectivity index (χ4v) is 3.97. The van der Waals surface area contributed by atoms with Gasteiger partial charge in [-0.3, -0.25) is 0 Å². The molecule has 0 amide bonds. The van der Waals surface area contributed by atoms with E-state index in [2.05, 4.69) is 24.4 Å². The van der Waals surface area contributed by atoms with Crippen LogP contribution in [0.3, 0.4) is 0 Å². The number of fused-ring (bicyclic) bond motifs is 1. The normalized spacial score (nSPS) is 34.1. The maximum Gasteiger partial charge on any atom is 0.104 e. The molecule has 3 heteroatoms. The zero-order valence-electron chi connectivity index (χ0n) is 10.4. The Hall–Kier alpha value is -0.380. The second-order valence-electron chi connectivity index (χ2n) is 5.33. The lowest BCUT2D eigenvalue weighted by Gasteiger charge is -2.29. The Labute approximate surface area is 107 Å². The number of ether oxygens (including phenoxy) is 1. The molecule has 2 fully saturated rings. The SMILES string of the molecule is Cc1ccc(C2CNC3CCCCC3CO2)s1. The van der Waals surface area contributed by atoms with Crippen LogP contribution in [0.5, 0.6) is 0 Å². The Morgan fingerprint density at radius 3 is 3.00 bits per heavy atom. The van der Waals surface area contributed by atoms with Crippen molar-refractivity contribution in [3.8, 4) is 0 Å². The molecule has 3 rings (SSSR count). The van der Waals surface area contributed by atoms with Crippen LogP contribution >= 0.6 is 11.3 Å². The summed E-state index contributed by atoms with van der Waals surface area (Å²) in [4.78, 5) is 2.76. The molecule has 1 aliphatic heterocycles. The zero-order chi connectivity index (χ0) is 11.7. The smallest absolute Gasteiger partial charge is 0.104 e. The summed E-state index contributed by atoms with van der Waals surface area (Å²) in [6, 6.07) is 5.12. The summed E-state index contributed by atoms with van der Waals surface area (Å²) in [7, 11) is 0. The van der Waals surface area contributed by atoms with E-state index in [1.165, 1.54) is 35.4 Å². The maximum atomic E-state index is 6.12. The van der Waals surface area contributed by atoms with Crippen LogP contribution in [0.25, 0.3) is 0 Å². The van der Waals surface area contributed by atoms with Crippen molar-refractivity contribution >= 4 is 11.3 Å². The van der Waals surface area contributed by atoms with E-state index in [0.717, 1.165) is 19.1 Å². The number of thiophene rings is 1. The van der Waals surface area contributed by atoms with Crippen LogP contribution in [0.1, 0.15) is 41.5 Å². The molecule has 17 heavy (non-hydrogen) atoms. The summed E-state index contributed by atoms with van der Waals surface area (Å²) >= 11 is 1.87. The predicted octanol–water partition coefficient (Wildman–Crippen LogP) is 3.28. The fraction of sp³-hybridized carbons (Fsp3) is 0.714. The second kappa shape index (κ2) is 5.09. The molecule has 0 aromatic carbocycles. The number of rotatable bonds is 1. The topological polar surface area (TPSA) is 21.3 Å². The first kappa shape index (κ1) is 11.7. The first-order valence-corrected chi connectivity index (χ1v) is 7.56. The van der Waals surface area contributed by atoms with E-state index >= 15 is 0 Å². The van der Waals surface area contributed by atoms with Gasteiger partial charge in [0.2, 0.25) is 0 Å². The summed E-state index contributed by atoms with van der Waals surface area (Å²) in [5.74, 6) is 0.745. The third-order valence-electron chi connectivity index (χ3n) is 4.06. The summed E-state index contributed by atoms with van der Waals surface area (Å²) in [6.07, 6.45) is 5.73. The lowest BCUT2D eigenvalue weighted by Crippen LogP contribution is -2.38. The molecule has 94 valence electrons. The summed E-state index contributed by atoms with van der Waals surface area (Å²) in [5, 5.41) is 3.72. The van der Waals surface area contributed by atoms with Crippen molar-refractivity contribution in [2.45, 2.75) is 44.8 Å². The van der Waals surface area contributed by atoms with Crippen molar-refractivity contribution in [2.24, 2.45) is 5.92 Å². The van der Waals surface area contributed by atoms with Crippen molar-refractivity contribution in [3.63, 3.8) is 0 Å². The van der Waals surface area contributed by atoms with Crippen LogP contribution in [0, 0.1) is 12.8 Å². The lowest BCUT2D eigenvalue weighted by atomic mass is 9.85. The van der Waals surface area contributed by atoms with E-state index < -0.39 is 0 Å². The monoisotopic (exact) mass is 251 g/mol. The van der Waals surface area contributed by atoms with Gasteiger partial charge in [0.25, 0.3) is 0 Å². The summed E-state index contributed by atoms with van der Waals surface area (Å²) in [5.41, 5.74) is 0. The standard InChI is InChI=1S/C14H21NOS/c1-10-6-7-14(17-10)13-8-15-12-5-3-2-4-11(12)9-16-13/h6-7,11-13,15H,2-5,8-9H2,1H3. The Morgan fingerprint density at radius 2 is 2.18 bits per heavy atom. The highest BCUT2D eigenvalue weighted by Gasteiger charge is 2.30. The van der Waals surface area contributed by atoms with Crippen molar-refractivity contribution in [1.82, 2.24) is 5.32 Å². The lowest BCUT2D eigenvalue weighted by molar-refractivity contribution is 0.0421. The molecular weight excluding hydrogens is 230 g/mol. The average Bonchev–Trinajstić information content (AvgIpc) is 2.66. The highest BCUT2D eigenvalue weighted by atomic mass is 32.1. The zero-order valence-corrected chi connectivity index (χ0v) is 11.3. The average molecular weight is 251 g/mol. The van der Waals surface area contributed by atoms with Crippen molar-refractivity contribution in [2.75, 3.05) is 13.2 Å². The van der Waals surface area contributed by atoms with E-state index in [4.69, 9.17) is 4.74 Å². The molecule has 2 heterocycles. The van der Waals surface area contributed by atoms with Crippen molar-refractivity contribution in [3.05, 3.63) is 21.9 Å². The number of aryl methyl sites for hydroxylation is 1. The van der Waals surface area contributed by atoms with Crippen molar-refractivity contribution in [1.29, 1.82) is 0 Å². The van der Waals surface area contributed by atoms with Gasteiger partial charge in [-0.15, -0.1) is 11.3 Å². The minimum atomic E-state index is 0.277. The van der Waals surface area contributed by atoms with Gasteiger partial charge >= 0.3 is 0 Å². The third kappa shape index (κ3) is 2.56. The third-order valence-corrected chi connectivity index (χ3v) is 5.16. The van der Waals surface area contributed by atoms with Gasteiger partial charge in [-0.2, -0.15) is 0 Å². The molecule has 0 spiro atoms. The van der Waals surface area contributed by atoms with E-state index in [1.54, 1.807) is 0 Å². The molecule has 1 aliphatic carbocycles. The maximum absolute atomic E-state index is 6.12. The quantitative estimate of drug-likeness (QED) is 0.827. The van der Waals surface area contributed by atoms with Gasteiger partial charge in [0, 0.05) is 22.3 Å². The summed E-state index contributed by atoms with van der Waals surface area (Å²) < 4.78 is 6.12. The van der Waals surface area contributed by atoms with E-state index in [-0.39, 0.29) is 6.10 Å². The number of hydrogen-bond acceptors (Lipinski definition) is 3. The first-order valence-electron chi connectivity index (χ1n) is 6.74. The van der Waals surface area contributed by atoms with Gasteiger partial charge in [0.15, 0.2) is 0 Å². The molecule has 0 radical (unpaired) electrons. The minimum absolute atomic E-state index is 0.277. The van der Waals surface area contributed by atoms with Crippen LogP contribution < -0.4 is 5.32 Å². The highest BCUT2D eigenvalue weighted by molar-refractivity contribution is 7.12. The van der Waals surface area contributed by atoms with Crippen LogP contribution in [-0.4, -0.2) is 19.2 Å². The Kier molecular flexibility index (Phi) is 3.50. The molecule has 1 saturated heterocycles. The van der Waals surface area contributed by atoms with Gasteiger partial charge < -0.3 is 10.1 Å². The minimum Gasteiger partial charge on any atom is -0.371 e. The highest BCUT2D eigenvalue weighted by Crippen LogP contribution is 2.32. The first-order chi connectivity index (χ1) is 8.33. The van der Waals surface area contributed by atoms with Crippen LogP contribution in [-0.2, 0) is 4.74 Å². The Morgan fingerprint density at radius 1 is 1.29 bits per heavy atom. The molecule has 1 aromatic rings. The van der Waals surface area contributed by atoms with Gasteiger partial charge in [0.05, 0.1) is 6.61 Å². The van der Waals surface area contributed by atoms with Gasteiger partial charge in [-0.05, 0) is 37.8 Å². The van der Waals surface area contributed by atoms with E-state index in [9.17, 15) is 0 Å². The number of hydrogen-bond donors (Lipinski definition) is 1. The fourth-order valence-electron chi connectivity index (χ4n) is 3.04. The number of nitrogens with one attached hydrogen (secondary N) is 1. The molecule has 1 N–H and O–H groups in total. The second-order valence-corrected chi connectivity index (χ2v) is 6.65. The molecule has 3 unspecified atom stereocenters. The Bertz CT molecular complexity index is 360. The molecule has 1 aromatic heterocycles. The van der Waals surface area contributed by atoms with Crippen LogP contribution in [0.4, 0.5) is 0 Å². The molecule has 2 nitrogen and oxygen atoms in total. The van der Waals surface area contributed by atoms with E-state index in [0.29, 0.717) is 6.04 Å². The van der Waals surface area contributed by atoms with Crippen molar-refractivity contribution < 1.29 is 4.74 Å². The Balaban J connectivity index is 1.69.